The van der Waals surface area contributed by atoms with Gasteiger partial charge in [0.1, 0.15) is 0 Å². The molecule has 0 spiro atoms. The van der Waals surface area contributed by atoms with Crippen molar-refractivity contribution in [3.05, 3.63) is 24.3 Å². The Morgan fingerprint density at radius 2 is 1.67 bits per heavy atom. The van der Waals surface area contributed by atoms with E-state index in [2.05, 4.69) is 4.67 Å². The van der Waals surface area contributed by atoms with E-state index in [1.54, 1.807) is 12.1 Å². The Kier molecular flexibility index (Phi) is 5.00. The van der Waals surface area contributed by atoms with E-state index in [9.17, 15) is 8.42 Å². The molecule has 27 heavy (non-hydrogen) atoms. The molecule has 3 aliphatic heterocycles. The van der Waals surface area contributed by atoms with E-state index in [1.165, 1.54) is 12.3 Å². The van der Waals surface area contributed by atoms with E-state index in [0.717, 1.165) is 24.8 Å². The Hall–Kier alpha value is -0.455. The fraction of sp³-hybridized carbons (Fsp3) is 0.684. The molecule has 3 fully saturated rings. The van der Waals surface area contributed by atoms with Gasteiger partial charge in [-0.05, 0) is 78.5 Å². The van der Waals surface area contributed by atoms with Crippen LogP contribution in [-0.2, 0) is 19.1 Å². The molecule has 0 N–H and O–H groups in total. The number of hydrogen-bond acceptors (Lipinski definition) is 5. The van der Waals surface area contributed by atoms with Gasteiger partial charge in [0.2, 0.25) is 0 Å². The third-order valence-corrected chi connectivity index (χ3v) is 10.6. The highest BCUT2D eigenvalue weighted by molar-refractivity contribution is 7.92. The molecule has 148 valence electrons. The lowest BCUT2D eigenvalue weighted by Crippen LogP contribution is -2.41. The molecular formula is C19H29BNO4PS. The summed E-state index contributed by atoms with van der Waals surface area (Å²) in [5.41, 5.74) is 0.0521. The van der Waals surface area contributed by atoms with Crippen LogP contribution in [0.15, 0.2) is 29.2 Å². The molecule has 1 atom stereocenters. The zero-order valence-corrected chi connectivity index (χ0v) is 18.4. The first-order valence-electron chi connectivity index (χ1n) is 9.79. The number of nitrogens with zero attached hydrogens (tertiary/aromatic N) is 1. The molecule has 0 aliphatic carbocycles. The van der Waals surface area contributed by atoms with Crippen LogP contribution in [0.5, 0.6) is 0 Å². The van der Waals surface area contributed by atoms with Gasteiger partial charge in [-0.3, -0.25) is 4.67 Å². The molecule has 0 saturated carbocycles. The van der Waals surface area contributed by atoms with Gasteiger partial charge in [-0.1, -0.05) is 12.1 Å². The Labute approximate surface area is 164 Å². The molecule has 1 aromatic carbocycles. The van der Waals surface area contributed by atoms with Crippen molar-refractivity contribution in [3.63, 3.8) is 0 Å². The van der Waals surface area contributed by atoms with Crippen molar-refractivity contribution in [2.24, 2.45) is 0 Å². The number of rotatable bonds is 4. The first kappa shape index (κ1) is 19.8. The van der Waals surface area contributed by atoms with E-state index in [0.29, 0.717) is 11.4 Å². The molecule has 0 bridgehead atoms. The highest BCUT2D eigenvalue weighted by Crippen LogP contribution is 2.55. The fourth-order valence-electron chi connectivity index (χ4n) is 3.74. The minimum atomic E-state index is -3.30. The van der Waals surface area contributed by atoms with Gasteiger partial charge in [-0.25, -0.2) is 8.42 Å². The van der Waals surface area contributed by atoms with Crippen LogP contribution in [0.2, 0.25) is 0 Å². The van der Waals surface area contributed by atoms with Crippen molar-refractivity contribution in [3.8, 4) is 0 Å². The highest BCUT2D eigenvalue weighted by Gasteiger charge is 2.51. The maximum Gasteiger partial charge on any atom is 0.494 e. The van der Waals surface area contributed by atoms with Gasteiger partial charge in [-0.15, -0.1) is 0 Å². The monoisotopic (exact) mass is 409 g/mol. The predicted octanol–water partition coefficient (Wildman–Crippen LogP) is 2.63. The van der Waals surface area contributed by atoms with E-state index in [4.69, 9.17) is 9.31 Å². The normalized spacial score (nSPS) is 28.4. The van der Waals surface area contributed by atoms with Crippen molar-refractivity contribution in [2.75, 3.05) is 25.4 Å². The summed E-state index contributed by atoms with van der Waals surface area (Å²) in [6, 6.07) is 7.11. The third kappa shape index (κ3) is 3.74. The fourth-order valence-corrected chi connectivity index (χ4v) is 7.38. The Balaban J connectivity index is 1.50. The van der Waals surface area contributed by atoms with Crippen LogP contribution in [0.1, 0.15) is 40.5 Å². The van der Waals surface area contributed by atoms with E-state index >= 15 is 0 Å². The second kappa shape index (κ2) is 6.81. The summed E-state index contributed by atoms with van der Waals surface area (Å²) in [7, 11) is -3.77. The highest BCUT2D eigenvalue weighted by atomic mass is 32.2. The topological polar surface area (TPSA) is 55.8 Å². The molecular weight excluding hydrogens is 380 g/mol. The molecule has 1 unspecified atom stereocenters. The van der Waals surface area contributed by atoms with Crippen molar-refractivity contribution in [1.82, 2.24) is 4.67 Å². The minimum absolute atomic E-state index is 0.00536. The summed E-state index contributed by atoms with van der Waals surface area (Å²) in [4.78, 5) is 0.415. The largest absolute Gasteiger partial charge is 0.494 e. The van der Waals surface area contributed by atoms with Gasteiger partial charge in [0.15, 0.2) is 9.84 Å². The van der Waals surface area contributed by atoms with Crippen LogP contribution in [0.25, 0.3) is 0 Å². The number of benzene rings is 1. The van der Waals surface area contributed by atoms with Crippen LogP contribution in [0.4, 0.5) is 0 Å². The SMILES string of the molecule is CC1(C)OB(c2ccc(S(=O)(=O)C3CCCN(P4CC4)C3)cc2)OC1(C)C. The summed E-state index contributed by atoms with van der Waals surface area (Å²) < 4.78 is 40.8. The van der Waals surface area contributed by atoms with Crippen LogP contribution < -0.4 is 5.46 Å². The Morgan fingerprint density at radius 1 is 1.07 bits per heavy atom. The van der Waals surface area contributed by atoms with Crippen LogP contribution in [-0.4, -0.2) is 62.1 Å². The Bertz CT molecular complexity index is 792. The zero-order valence-electron chi connectivity index (χ0n) is 16.6. The van der Waals surface area contributed by atoms with Crippen molar-refractivity contribution >= 4 is 30.5 Å². The lowest BCUT2D eigenvalue weighted by Gasteiger charge is -2.32. The molecule has 3 aliphatic rings. The van der Waals surface area contributed by atoms with Gasteiger partial charge in [-0.2, -0.15) is 0 Å². The molecule has 0 aromatic heterocycles. The van der Waals surface area contributed by atoms with Crippen LogP contribution >= 0.6 is 8.07 Å². The molecule has 4 rings (SSSR count). The number of piperidine rings is 1. The minimum Gasteiger partial charge on any atom is -0.399 e. The second-order valence-electron chi connectivity index (χ2n) is 8.83. The standard InChI is InChI=1S/C19H29BNO4PS/c1-18(2)19(3,4)25-20(24-18)15-7-9-16(10-8-15)27(22,23)17-6-5-11-21(14-17)26-12-13-26/h7-10,17H,5-6,11-14H2,1-4H3. The summed E-state index contributed by atoms with van der Waals surface area (Å²) >= 11 is 0. The van der Waals surface area contributed by atoms with E-state index in [1.807, 2.05) is 39.8 Å². The van der Waals surface area contributed by atoms with Crippen molar-refractivity contribution < 1.29 is 17.7 Å². The van der Waals surface area contributed by atoms with E-state index in [-0.39, 0.29) is 13.3 Å². The summed E-state index contributed by atoms with van der Waals surface area (Å²) in [6.07, 6.45) is 4.31. The second-order valence-corrected chi connectivity index (χ2v) is 13.5. The average Bonchev–Trinajstić information content (AvgIpc) is 3.43. The summed E-state index contributed by atoms with van der Waals surface area (Å²) in [5, 5.41) is -0.281. The molecule has 8 heteroatoms. The van der Waals surface area contributed by atoms with Gasteiger partial charge >= 0.3 is 7.12 Å². The van der Waals surface area contributed by atoms with Gasteiger partial charge in [0, 0.05) is 13.1 Å². The van der Waals surface area contributed by atoms with Gasteiger partial charge < -0.3 is 9.31 Å². The van der Waals surface area contributed by atoms with E-state index < -0.39 is 28.2 Å². The van der Waals surface area contributed by atoms with Crippen molar-refractivity contribution in [2.45, 2.75) is 61.9 Å². The summed E-state index contributed by atoms with van der Waals surface area (Å²) in [6.45, 7) is 9.83. The van der Waals surface area contributed by atoms with Crippen LogP contribution in [0, 0.1) is 0 Å². The maximum absolute atomic E-state index is 13.1. The predicted molar refractivity (Wildman–Crippen MR) is 111 cm³/mol. The molecule has 0 radical (unpaired) electrons. The number of hydrogen-bond donors (Lipinski definition) is 0. The molecule has 0 amide bonds. The average molecular weight is 409 g/mol. The Morgan fingerprint density at radius 3 is 2.22 bits per heavy atom. The molecule has 3 heterocycles. The summed E-state index contributed by atoms with van der Waals surface area (Å²) in [5.74, 6) is 0. The smallest absolute Gasteiger partial charge is 0.399 e. The lowest BCUT2D eigenvalue weighted by atomic mass is 9.79. The van der Waals surface area contributed by atoms with Crippen LogP contribution in [0.3, 0.4) is 0 Å². The zero-order chi connectivity index (χ0) is 19.4. The molecule has 1 aromatic rings. The molecule has 5 nitrogen and oxygen atoms in total. The van der Waals surface area contributed by atoms with Gasteiger partial charge in [0.05, 0.1) is 21.3 Å². The third-order valence-electron chi connectivity index (χ3n) is 6.35. The quantitative estimate of drug-likeness (QED) is 0.566. The number of sulfone groups is 1. The first-order valence-corrected chi connectivity index (χ1v) is 13.0. The van der Waals surface area contributed by atoms with Gasteiger partial charge in [0.25, 0.3) is 0 Å². The maximum atomic E-state index is 13.1. The molecule has 3 saturated heterocycles. The lowest BCUT2D eigenvalue weighted by molar-refractivity contribution is 0.00578. The first-order chi connectivity index (χ1) is 12.6. The van der Waals surface area contributed by atoms with Crippen molar-refractivity contribution in [1.29, 1.82) is 0 Å².